The van der Waals surface area contributed by atoms with Crippen LogP contribution < -0.4 is 0 Å². The topological polar surface area (TPSA) is 3.24 Å². The third kappa shape index (κ3) is 1.57. The first kappa shape index (κ1) is 8.30. The smallest absolute Gasteiger partial charge is 0.123 e. The molecular formula is C11H12FN. The first-order valence-corrected chi connectivity index (χ1v) is 4.44. The molecule has 0 unspecified atom stereocenters. The van der Waals surface area contributed by atoms with Crippen LogP contribution in [0, 0.1) is 5.82 Å². The maximum Gasteiger partial charge on any atom is 0.123 e. The van der Waals surface area contributed by atoms with E-state index in [1.807, 2.05) is 12.1 Å². The van der Waals surface area contributed by atoms with E-state index in [4.69, 9.17) is 0 Å². The fourth-order valence-electron chi connectivity index (χ4n) is 1.63. The predicted molar refractivity (Wildman–Crippen MR) is 51.6 cm³/mol. The van der Waals surface area contributed by atoms with Gasteiger partial charge in [-0.25, -0.2) is 4.39 Å². The van der Waals surface area contributed by atoms with E-state index in [0.717, 1.165) is 18.5 Å². The van der Waals surface area contributed by atoms with Gasteiger partial charge in [0.1, 0.15) is 5.82 Å². The highest BCUT2D eigenvalue weighted by molar-refractivity contribution is 5.65. The van der Waals surface area contributed by atoms with Gasteiger partial charge in [0.05, 0.1) is 0 Å². The lowest BCUT2D eigenvalue weighted by Gasteiger charge is -2.15. The molecule has 68 valence electrons. The van der Waals surface area contributed by atoms with Gasteiger partial charge in [-0.2, -0.15) is 0 Å². The van der Waals surface area contributed by atoms with Crippen LogP contribution in [0.1, 0.15) is 12.0 Å². The second-order valence-electron chi connectivity index (χ2n) is 3.31. The molecule has 1 aromatic rings. The number of rotatable bonds is 1. The van der Waals surface area contributed by atoms with E-state index in [1.165, 1.54) is 17.8 Å². The lowest BCUT2D eigenvalue weighted by molar-refractivity contribution is 0.517. The number of nitrogens with zero attached hydrogens (tertiary/aromatic N) is 1. The summed E-state index contributed by atoms with van der Waals surface area (Å²) in [5.74, 6) is -0.176. The quantitative estimate of drug-likeness (QED) is 0.637. The normalized spacial score (nSPS) is 16.2. The second kappa shape index (κ2) is 3.21. The van der Waals surface area contributed by atoms with Crippen LogP contribution in [0.3, 0.4) is 0 Å². The van der Waals surface area contributed by atoms with Crippen molar-refractivity contribution >= 4 is 5.70 Å². The minimum absolute atomic E-state index is 0.176. The molecule has 1 aliphatic rings. The van der Waals surface area contributed by atoms with Crippen LogP contribution in [0.2, 0.25) is 0 Å². The molecule has 0 aliphatic carbocycles. The van der Waals surface area contributed by atoms with Crippen LogP contribution >= 0.6 is 0 Å². The maximum absolute atomic E-state index is 12.6. The molecule has 0 saturated carbocycles. The highest BCUT2D eigenvalue weighted by Crippen LogP contribution is 2.23. The van der Waals surface area contributed by atoms with Gasteiger partial charge < -0.3 is 4.90 Å². The largest absolute Gasteiger partial charge is 0.374 e. The zero-order chi connectivity index (χ0) is 9.26. The van der Waals surface area contributed by atoms with Gasteiger partial charge >= 0.3 is 0 Å². The van der Waals surface area contributed by atoms with Crippen molar-refractivity contribution in [2.75, 3.05) is 13.6 Å². The Bertz CT molecular complexity index is 326. The monoisotopic (exact) mass is 177 g/mol. The van der Waals surface area contributed by atoms with Gasteiger partial charge in [-0.05, 0) is 24.1 Å². The van der Waals surface area contributed by atoms with Gasteiger partial charge in [-0.3, -0.25) is 0 Å². The molecular weight excluding hydrogens is 165 g/mol. The first-order valence-electron chi connectivity index (χ1n) is 4.44. The van der Waals surface area contributed by atoms with Gasteiger partial charge in [0.2, 0.25) is 0 Å². The SMILES string of the molecule is CN1CCC=C1c1ccc(F)cc1. The minimum atomic E-state index is -0.176. The number of hydrogen-bond donors (Lipinski definition) is 0. The zero-order valence-corrected chi connectivity index (χ0v) is 7.63. The van der Waals surface area contributed by atoms with Crippen molar-refractivity contribution < 1.29 is 4.39 Å². The number of hydrogen-bond acceptors (Lipinski definition) is 1. The van der Waals surface area contributed by atoms with E-state index in [0.29, 0.717) is 0 Å². The fraction of sp³-hybridized carbons (Fsp3) is 0.273. The van der Waals surface area contributed by atoms with E-state index in [1.54, 1.807) is 0 Å². The van der Waals surface area contributed by atoms with Crippen LogP contribution in [-0.2, 0) is 0 Å². The standard InChI is InChI=1S/C11H12FN/c1-13-8-2-3-11(13)9-4-6-10(12)7-5-9/h3-7H,2,8H2,1H3. The average molecular weight is 177 g/mol. The van der Waals surface area contributed by atoms with Gasteiger partial charge in [-0.15, -0.1) is 0 Å². The van der Waals surface area contributed by atoms with Gasteiger partial charge in [0, 0.05) is 19.3 Å². The van der Waals surface area contributed by atoms with Crippen LogP contribution in [0.4, 0.5) is 4.39 Å². The predicted octanol–water partition coefficient (Wildman–Crippen LogP) is 2.50. The summed E-state index contributed by atoms with van der Waals surface area (Å²) in [6.45, 7) is 1.06. The summed E-state index contributed by atoms with van der Waals surface area (Å²) in [4.78, 5) is 2.19. The van der Waals surface area contributed by atoms with Crippen LogP contribution in [0.15, 0.2) is 30.3 Å². The Balaban J connectivity index is 2.30. The molecule has 0 aromatic heterocycles. The van der Waals surface area contributed by atoms with Gasteiger partial charge in [0.15, 0.2) is 0 Å². The lowest BCUT2D eigenvalue weighted by Crippen LogP contribution is -2.11. The summed E-state index contributed by atoms with van der Waals surface area (Å²) < 4.78 is 12.6. The van der Waals surface area contributed by atoms with E-state index < -0.39 is 0 Å². The molecule has 0 atom stereocenters. The van der Waals surface area contributed by atoms with E-state index in [-0.39, 0.29) is 5.82 Å². The van der Waals surface area contributed by atoms with E-state index >= 15 is 0 Å². The summed E-state index contributed by atoms with van der Waals surface area (Å²) in [5.41, 5.74) is 2.31. The first-order chi connectivity index (χ1) is 6.27. The molecule has 0 spiro atoms. The molecule has 2 heteroatoms. The molecule has 0 N–H and O–H groups in total. The highest BCUT2D eigenvalue weighted by Gasteiger charge is 2.11. The number of halogens is 1. The Labute approximate surface area is 77.5 Å². The van der Waals surface area contributed by atoms with E-state index in [2.05, 4.69) is 18.0 Å². The molecule has 0 radical (unpaired) electrons. The molecule has 2 rings (SSSR count). The van der Waals surface area contributed by atoms with Crippen molar-refractivity contribution in [1.82, 2.24) is 4.90 Å². The van der Waals surface area contributed by atoms with Gasteiger partial charge in [-0.1, -0.05) is 18.2 Å². The molecule has 1 aromatic carbocycles. The summed E-state index contributed by atoms with van der Waals surface area (Å²) in [7, 11) is 2.06. The molecule has 0 amide bonds. The lowest BCUT2D eigenvalue weighted by atomic mass is 10.1. The Morgan fingerprint density at radius 3 is 2.46 bits per heavy atom. The summed E-state index contributed by atoms with van der Waals surface area (Å²) in [6, 6.07) is 6.65. The highest BCUT2D eigenvalue weighted by atomic mass is 19.1. The average Bonchev–Trinajstić information content (AvgIpc) is 2.53. The van der Waals surface area contributed by atoms with Crippen molar-refractivity contribution in [3.8, 4) is 0 Å². The van der Waals surface area contributed by atoms with Crippen molar-refractivity contribution in [2.45, 2.75) is 6.42 Å². The zero-order valence-electron chi connectivity index (χ0n) is 7.63. The molecule has 0 bridgehead atoms. The third-order valence-corrected chi connectivity index (χ3v) is 2.35. The second-order valence-corrected chi connectivity index (χ2v) is 3.31. The van der Waals surface area contributed by atoms with Crippen molar-refractivity contribution in [3.63, 3.8) is 0 Å². The molecule has 1 aliphatic heterocycles. The fourth-order valence-corrected chi connectivity index (χ4v) is 1.63. The van der Waals surface area contributed by atoms with Crippen molar-refractivity contribution in [3.05, 3.63) is 41.7 Å². The molecule has 13 heavy (non-hydrogen) atoms. The third-order valence-electron chi connectivity index (χ3n) is 2.35. The molecule has 1 nitrogen and oxygen atoms in total. The minimum Gasteiger partial charge on any atom is -0.374 e. The Morgan fingerprint density at radius 1 is 1.23 bits per heavy atom. The Kier molecular flexibility index (Phi) is 2.05. The maximum atomic E-state index is 12.6. The molecule has 1 heterocycles. The van der Waals surface area contributed by atoms with Crippen molar-refractivity contribution in [1.29, 1.82) is 0 Å². The molecule has 0 saturated heterocycles. The summed E-state index contributed by atoms with van der Waals surface area (Å²) in [5, 5.41) is 0. The van der Waals surface area contributed by atoms with Crippen molar-refractivity contribution in [2.24, 2.45) is 0 Å². The Hall–Kier alpha value is -1.31. The van der Waals surface area contributed by atoms with Gasteiger partial charge in [0.25, 0.3) is 0 Å². The Morgan fingerprint density at radius 2 is 1.92 bits per heavy atom. The van der Waals surface area contributed by atoms with Crippen LogP contribution in [0.5, 0.6) is 0 Å². The van der Waals surface area contributed by atoms with E-state index in [9.17, 15) is 4.39 Å². The van der Waals surface area contributed by atoms with Crippen LogP contribution in [0.25, 0.3) is 5.70 Å². The summed E-state index contributed by atoms with van der Waals surface area (Å²) in [6.07, 6.45) is 3.27. The number of benzene rings is 1. The summed E-state index contributed by atoms with van der Waals surface area (Å²) >= 11 is 0. The van der Waals surface area contributed by atoms with Crippen LogP contribution in [-0.4, -0.2) is 18.5 Å². The molecule has 0 fully saturated rings.